The third kappa shape index (κ3) is 4.53. The maximum absolute atomic E-state index is 12.5. The SMILES string of the molecule is [2H]C([2H])([2H])C([2H])([2H])OP(=O)(OC([2H])([2H])C([2H])([2H])[2H])OC([2H])([2H])C([2H])([2H])[2H]. The predicted molar refractivity (Wildman–Crippen MR) is 42.5 cm³/mol. The van der Waals surface area contributed by atoms with Crippen molar-refractivity contribution >= 4 is 7.82 Å². The quantitative estimate of drug-likeness (QED) is 0.612. The van der Waals surface area contributed by atoms with Crippen LogP contribution in [0.4, 0.5) is 0 Å². The molecule has 0 amide bonds. The molecular weight excluding hydrogens is 167 g/mol. The second-order valence-corrected chi connectivity index (χ2v) is 2.47. The van der Waals surface area contributed by atoms with Gasteiger partial charge < -0.3 is 0 Å². The Hall–Kier alpha value is 0.110. The van der Waals surface area contributed by atoms with Crippen LogP contribution >= 0.6 is 7.82 Å². The van der Waals surface area contributed by atoms with E-state index in [0.717, 1.165) is 0 Å². The summed E-state index contributed by atoms with van der Waals surface area (Å²) in [5.41, 5.74) is 0. The minimum Gasteiger partial charge on any atom is -0.287 e. The molecule has 0 saturated heterocycles. The molecule has 0 spiro atoms. The number of hydrogen-bond donors (Lipinski definition) is 0. The first kappa shape index (κ1) is 1.80. The van der Waals surface area contributed by atoms with Gasteiger partial charge in [0.1, 0.15) is 0 Å². The highest BCUT2D eigenvalue weighted by molar-refractivity contribution is 7.48. The van der Waals surface area contributed by atoms with Crippen LogP contribution < -0.4 is 0 Å². The number of hydrogen-bond acceptors (Lipinski definition) is 4. The van der Waals surface area contributed by atoms with Crippen LogP contribution in [-0.4, -0.2) is 19.7 Å². The van der Waals surface area contributed by atoms with E-state index in [1.807, 2.05) is 0 Å². The third-order valence-electron chi connectivity index (χ3n) is 0.472. The molecule has 0 aromatic rings. The molecule has 0 aromatic heterocycles. The minimum atomic E-state index is -6.08. The zero-order valence-electron chi connectivity index (χ0n) is 20.1. The van der Waals surface area contributed by atoms with Crippen molar-refractivity contribution in [1.82, 2.24) is 0 Å². The van der Waals surface area contributed by atoms with Crippen molar-refractivity contribution in [1.29, 1.82) is 0 Å². The number of rotatable bonds is 6. The van der Waals surface area contributed by atoms with E-state index in [1.54, 1.807) is 0 Å². The molecule has 68 valence electrons. The molecule has 0 aliphatic carbocycles. The van der Waals surface area contributed by atoms with Crippen molar-refractivity contribution < 1.29 is 38.7 Å². The Kier molecular flexibility index (Phi) is 0.937. The molecule has 0 aliphatic rings. The van der Waals surface area contributed by atoms with Gasteiger partial charge in [-0.2, -0.15) is 0 Å². The number of phosphoric ester groups is 1. The van der Waals surface area contributed by atoms with E-state index in [0.29, 0.717) is 0 Å². The molecule has 0 aliphatic heterocycles. The van der Waals surface area contributed by atoms with Gasteiger partial charge in [0.25, 0.3) is 0 Å². The zero-order chi connectivity index (χ0) is 21.6. The fourth-order valence-corrected chi connectivity index (χ4v) is 0.671. The summed E-state index contributed by atoms with van der Waals surface area (Å²) in [7, 11) is -6.08. The van der Waals surface area contributed by atoms with Crippen LogP contribution in [0.5, 0.6) is 0 Å². The maximum atomic E-state index is 12.5. The van der Waals surface area contributed by atoms with Gasteiger partial charge in [-0.25, -0.2) is 4.57 Å². The first-order chi connectivity index (χ1) is 10.9. The van der Waals surface area contributed by atoms with Crippen molar-refractivity contribution in [3.8, 4) is 0 Å². The first-order valence-electron chi connectivity index (χ1n) is 9.59. The van der Waals surface area contributed by atoms with Crippen molar-refractivity contribution in [2.75, 3.05) is 19.7 Å². The maximum Gasteiger partial charge on any atom is 0.474 e. The lowest BCUT2D eigenvalue weighted by Gasteiger charge is -2.14. The molecule has 11 heavy (non-hydrogen) atoms. The summed E-state index contributed by atoms with van der Waals surface area (Å²) < 4.78 is 130. The summed E-state index contributed by atoms with van der Waals surface area (Å²) in [5, 5.41) is 0. The van der Waals surface area contributed by atoms with Crippen molar-refractivity contribution in [2.45, 2.75) is 20.6 Å². The molecule has 0 bridgehead atoms. The van der Waals surface area contributed by atoms with Crippen LogP contribution in [0.3, 0.4) is 0 Å². The lowest BCUT2D eigenvalue weighted by atomic mass is 10.9. The topological polar surface area (TPSA) is 44.8 Å². The van der Waals surface area contributed by atoms with Crippen LogP contribution in [0.15, 0.2) is 0 Å². The molecule has 4 nitrogen and oxygen atoms in total. The van der Waals surface area contributed by atoms with E-state index in [2.05, 4.69) is 13.6 Å². The number of phosphoric acid groups is 1. The van der Waals surface area contributed by atoms with Crippen molar-refractivity contribution in [3.05, 3.63) is 0 Å². The van der Waals surface area contributed by atoms with Gasteiger partial charge in [-0.1, -0.05) is 0 Å². The second kappa shape index (κ2) is 5.72. The van der Waals surface area contributed by atoms with Crippen LogP contribution in [0, 0.1) is 0 Å². The summed E-state index contributed by atoms with van der Waals surface area (Å²) in [6, 6.07) is 0. The summed E-state index contributed by atoms with van der Waals surface area (Å²) >= 11 is 0. The molecule has 0 heterocycles. The third-order valence-corrected chi connectivity index (χ3v) is 1.42. The van der Waals surface area contributed by atoms with E-state index >= 15 is 0 Å². The molecule has 0 fully saturated rings. The minimum absolute atomic E-state index is 3.69. The van der Waals surface area contributed by atoms with E-state index in [-0.39, 0.29) is 0 Å². The first-order valence-corrected chi connectivity index (χ1v) is 3.55. The summed E-state index contributed by atoms with van der Waals surface area (Å²) in [4.78, 5) is 0. The van der Waals surface area contributed by atoms with Gasteiger partial charge in [0.15, 0.2) is 0 Å². The average Bonchev–Trinajstić information content (AvgIpc) is 2.19. The Bertz CT molecular complexity index is 468. The standard InChI is InChI=1S/C6H15O4P/c1-4-8-11(7,9-5-2)10-6-3/h4-6H2,1-3H3/i1D3,2D3,3D3,4D2,5D2,6D2. The summed E-state index contributed by atoms with van der Waals surface area (Å²) in [5.74, 6) is 0. The molecule has 0 rings (SSSR count). The highest BCUT2D eigenvalue weighted by atomic mass is 31.2. The fraction of sp³-hybridized carbons (Fsp3) is 1.00. The Morgan fingerprint density at radius 3 is 1.82 bits per heavy atom. The summed E-state index contributed by atoms with van der Waals surface area (Å²) in [6.45, 7) is -22.8. The van der Waals surface area contributed by atoms with Gasteiger partial charge in [-0.05, 0) is 20.6 Å². The Morgan fingerprint density at radius 2 is 1.55 bits per heavy atom. The highest BCUT2D eigenvalue weighted by Crippen LogP contribution is 2.48. The van der Waals surface area contributed by atoms with Crippen LogP contribution in [0.1, 0.15) is 41.1 Å². The van der Waals surface area contributed by atoms with Crippen LogP contribution in [0.2, 0.25) is 0 Å². The van der Waals surface area contributed by atoms with Crippen molar-refractivity contribution in [3.63, 3.8) is 0 Å². The van der Waals surface area contributed by atoms with Gasteiger partial charge in [-0.15, -0.1) is 0 Å². The van der Waals surface area contributed by atoms with Crippen LogP contribution in [-0.2, 0) is 18.1 Å². The van der Waals surface area contributed by atoms with E-state index in [1.165, 1.54) is 0 Å². The van der Waals surface area contributed by atoms with Gasteiger partial charge in [0.2, 0.25) is 0 Å². The van der Waals surface area contributed by atoms with E-state index in [4.69, 9.17) is 20.6 Å². The Labute approximate surface area is 88.5 Å². The van der Waals surface area contributed by atoms with Gasteiger partial charge in [0.05, 0.1) is 27.9 Å². The largest absolute Gasteiger partial charge is 0.474 e. The van der Waals surface area contributed by atoms with Crippen molar-refractivity contribution in [2.24, 2.45) is 0 Å². The lowest BCUT2D eigenvalue weighted by Crippen LogP contribution is -1.99. The molecule has 0 radical (unpaired) electrons. The Balaban J connectivity index is 6.10. The van der Waals surface area contributed by atoms with Gasteiger partial charge >= 0.3 is 7.82 Å². The van der Waals surface area contributed by atoms with Gasteiger partial charge in [0, 0.05) is 12.3 Å². The Morgan fingerprint density at radius 1 is 1.18 bits per heavy atom. The average molecular weight is 197 g/mol. The highest BCUT2D eigenvalue weighted by Gasteiger charge is 2.23. The molecule has 0 saturated carbocycles. The molecule has 0 atom stereocenters. The lowest BCUT2D eigenvalue weighted by molar-refractivity contribution is 0.126. The molecule has 0 unspecified atom stereocenters. The summed E-state index contributed by atoms with van der Waals surface area (Å²) in [6.07, 6.45) is 0. The van der Waals surface area contributed by atoms with Crippen LogP contribution in [0.25, 0.3) is 0 Å². The van der Waals surface area contributed by atoms with Gasteiger partial charge in [-0.3, -0.25) is 13.6 Å². The second-order valence-electron chi connectivity index (χ2n) is 1.03. The fourth-order valence-electron chi connectivity index (χ4n) is 0.224. The normalized spacial score (nSPS) is 39.5. The van der Waals surface area contributed by atoms with E-state index < -0.39 is 48.1 Å². The molecule has 5 heteroatoms. The zero-order valence-corrected chi connectivity index (χ0v) is 5.97. The molecule has 0 aromatic carbocycles. The van der Waals surface area contributed by atoms with E-state index in [9.17, 15) is 4.57 Å². The molecular formula is C6H15O4P. The predicted octanol–water partition coefficient (Wildman–Crippen LogP) is 2.20. The monoisotopic (exact) mass is 197 g/mol. The smallest absolute Gasteiger partial charge is 0.287 e. The molecule has 0 N–H and O–H groups in total.